The van der Waals surface area contributed by atoms with Crippen LogP contribution < -0.4 is 10.5 Å². The minimum absolute atomic E-state index is 0.542. The van der Waals surface area contributed by atoms with E-state index in [-0.39, 0.29) is 0 Å². The topological polar surface area (TPSA) is 51.0 Å². The zero-order valence-electron chi connectivity index (χ0n) is 10.5. The molecule has 0 saturated carbocycles. The quantitative estimate of drug-likeness (QED) is 0.832. The highest BCUT2D eigenvalue weighted by atomic mass is 16.5. The van der Waals surface area contributed by atoms with Gasteiger partial charge in [-0.15, -0.1) is 0 Å². The van der Waals surface area contributed by atoms with Crippen LogP contribution in [-0.4, -0.2) is 18.1 Å². The van der Waals surface area contributed by atoms with Crippen molar-refractivity contribution >= 4 is 10.9 Å². The number of nitrogens with one attached hydrogen (secondary N) is 1. The molecule has 0 bridgehead atoms. The summed E-state index contributed by atoms with van der Waals surface area (Å²) in [6.07, 6.45) is 2.93. The van der Waals surface area contributed by atoms with E-state index in [1.807, 2.05) is 12.3 Å². The Morgan fingerprint density at radius 3 is 2.88 bits per heavy atom. The first kappa shape index (κ1) is 12.0. The molecule has 0 saturated heterocycles. The van der Waals surface area contributed by atoms with Gasteiger partial charge < -0.3 is 15.5 Å². The number of benzene rings is 1. The molecule has 0 unspecified atom stereocenters. The fraction of sp³-hybridized carbons (Fsp3) is 0.429. The predicted octanol–water partition coefficient (Wildman–Crippen LogP) is 2.70. The number of fused-ring (bicyclic) bond motifs is 1. The third-order valence-electron chi connectivity index (χ3n) is 2.74. The molecule has 1 aromatic carbocycles. The molecular weight excluding hydrogens is 212 g/mol. The maximum atomic E-state index is 5.73. The van der Waals surface area contributed by atoms with Gasteiger partial charge in [-0.1, -0.05) is 13.8 Å². The molecule has 0 fully saturated rings. The van der Waals surface area contributed by atoms with Gasteiger partial charge >= 0.3 is 0 Å². The van der Waals surface area contributed by atoms with Gasteiger partial charge in [-0.3, -0.25) is 0 Å². The van der Waals surface area contributed by atoms with E-state index >= 15 is 0 Å². The molecule has 17 heavy (non-hydrogen) atoms. The summed E-state index contributed by atoms with van der Waals surface area (Å²) in [5.74, 6) is 1.48. The fourth-order valence-corrected chi connectivity index (χ4v) is 1.87. The summed E-state index contributed by atoms with van der Waals surface area (Å²) in [4.78, 5) is 3.25. The van der Waals surface area contributed by atoms with Crippen molar-refractivity contribution in [2.24, 2.45) is 11.7 Å². The van der Waals surface area contributed by atoms with Crippen LogP contribution in [0.4, 0.5) is 0 Å². The van der Waals surface area contributed by atoms with E-state index in [1.165, 1.54) is 10.9 Å². The van der Waals surface area contributed by atoms with E-state index < -0.39 is 0 Å². The number of hydrogen-bond donors (Lipinski definition) is 2. The van der Waals surface area contributed by atoms with E-state index in [9.17, 15) is 0 Å². The second-order valence-corrected chi connectivity index (χ2v) is 4.76. The monoisotopic (exact) mass is 232 g/mol. The summed E-state index contributed by atoms with van der Waals surface area (Å²) in [6, 6.07) is 6.16. The lowest BCUT2D eigenvalue weighted by Crippen LogP contribution is -2.04. The number of aromatic nitrogens is 1. The first-order chi connectivity index (χ1) is 8.20. The van der Waals surface area contributed by atoms with E-state index in [0.717, 1.165) is 24.3 Å². The number of aromatic amines is 1. The maximum Gasteiger partial charge on any atom is 0.120 e. The Labute approximate surface area is 102 Å². The molecule has 0 radical (unpaired) electrons. The third-order valence-corrected chi connectivity index (χ3v) is 2.74. The van der Waals surface area contributed by atoms with Crippen LogP contribution in [0, 0.1) is 5.92 Å². The SMILES string of the molecule is CC(C)COc1ccc2[nH]cc(CCN)c2c1. The van der Waals surface area contributed by atoms with Crippen LogP contribution in [0.5, 0.6) is 5.75 Å². The van der Waals surface area contributed by atoms with Crippen molar-refractivity contribution in [1.82, 2.24) is 4.98 Å². The molecule has 3 N–H and O–H groups in total. The van der Waals surface area contributed by atoms with Crippen LogP contribution in [0.1, 0.15) is 19.4 Å². The van der Waals surface area contributed by atoms with Crippen molar-refractivity contribution in [2.75, 3.05) is 13.2 Å². The van der Waals surface area contributed by atoms with Gasteiger partial charge in [0.2, 0.25) is 0 Å². The normalized spacial score (nSPS) is 11.3. The molecule has 0 aliphatic carbocycles. The molecule has 2 aromatic rings. The molecule has 0 spiro atoms. The Morgan fingerprint density at radius 2 is 2.18 bits per heavy atom. The van der Waals surface area contributed by atoms with Crippen LogP contribution in [0.3, 0.4) is 0 Å². The largest absolute Gasteiger partial charge is 0.493 e. The summed E-state index contributed by atoms with van der Waals surface area (Å²) < 4.78 is 5.73. The zero-order chi connectivity index (χ0) is 12.3. The second kappa shape index (κ2) is 5.23. The summed E-state index contributed by atoms with van der Waals surface area (Å²) >= 11 is 0. The van der Waals surface area contributed by atoms with Crippen molar-refractivity contribution in [1.29, 1.82) is 0 Å². The standard InChI is InChI=1S/C14H20N2O/c1-10(2)9-17-12-3-4-14-13(7-12)11(5-6-15)8-16-14/h3-4,7-8,10,16H,5-6,9,15H2,1-2H3. The average molecular weight is 232 g/mol. The first-order valence-corrected chi connectivity index (χ1v) is 6.13. The highest BCUT2D eigenvalue weighted by Crippen LogP contribution is 2.24. The van der Waals surface area contributed by atoms with Gasteiger partial charge in [0, 0.05) is 17.1 Å². The van der Waals surface area contributed by atoms with Gasteiger partial charge in [0.1, 0.15) is 5.75 Å². The Kier molecular flexibility index (Phi) is 3.69. The number of hydrogen-bond acceptors (Lipinski definition) is 2. The highest BCUT2D eigenvalue weighted by molar-refractivity contribution is 5.84. The number of ether oxygens (including phenoxy) is 1. The molecule has 0 aliphatic heterocycles. The number of H-pyrrole nitrogens is 1. The van der Waals surface area contributed by atoms with Crippen molar-refractivity contribution in [3.05, 3.63) is 30.0 Å². The highest BCUT2D eigenvalue weighted by Gasteiger charge is 2.05. The molecule has 0 aliphatic rings. The summed E-state index contributed by atoms with van der Waals surface area (Å²) in [5, 5.41) is 1.22. The van der Waals surface area contributed by atoms with Crippen LogP contribution in [0.15, 0.2) is 24.4 Å². The van der Waals surface area contributed by atoms with Crippen molar-refractivity contribution in [3.8, 4) is 5.75 Å². The Bertz CT molecular complexity index is 488. The Balaban J connectivity index is 2.24. The molecular formula is C14H20N2O. The van der Waals surface area contributed by atoms with E-state index in [2.05, 4.69) is 31.0 Å². The van der Waals surface area contributed by atoms with Crippen molar-refractivity contribution in [2.45, 2.75) is 20.3 Å². The number of nitrogens with two attached hydrogens (primary N) is 1. The van der Waals surface area contributed by atoms with E-state index in [0.29, 0.717) is 12.5 Å². The summed E-state index contributed by atoms with van der Waals surface area (Å²) in [6.45, 7) is 5.72. The first-order valence-electron chi connectivity index (χ1n) is 6.13. The molecule has 1 heterocycles. The summed E-state index contributed by atoms with van der Waals surface area (Å²) in [7, 11) is 0. The lowest BCUT2D eigenvalue weighted by molar-refractivity contribution is 0.271. The molecule has 1 aromatic heterocycles. The van der Waals surface area contributed by atoms with E-state index in [4.69, 9.17) is 10.5 Å². The minimum Gasteiger partial charge on any atom is -0.493 e. The lowest BCUT2D eigenvalue weighted by Gasteiger charge is -2.08. The van der Waals surface area contributed by atoms with Gasteiger partial charge in [-0.25, -0.2) is 0 Å². The molecule has 2 rings (SSSR count). The molecule has 0 amide bonds. The van der Waals surface area contributed by atoms with Crippen molar-refractivity contribution < 1.29 is 4.74 Å². The van der Waals surface area contributed by atoms with Gasteiger partial charge in [0.25, 0.3) is 0 Å². The fourth-order valence-electron chi connectivity index (χ4n) is 1.87. The smallest absolute Gasteiger partial charge is 0.120 e. The third kappa shape index (κ3) is 2.80. The van der Waals surface area contributed by atoms with Gasteiger partial charge in [-0.05, 0) is 42.6 Å². The Hall–Kier alpha value is -1.48. The summed E-state index contributed by atoms with van der Waals surface area (Å²) in [5.41, 5.74) is 8.01. The molecule has 92 valence electrons. The van der Waals surface area contributed by atoms with Crippen molar-refractivity contribution in [3.63, 3.8) is 0 Å². The Morgan fingerprint density at radius 1 is 1.35 bits per heavy atom. The van der Waals surface area contributed by atoms with Gasteiger partial charge in [-0.2, -0.15) is 0 Å². The second-order valence-electron chi connectivity index (χ2n) is 4.76. The zero-order valence-corrected chi connectivity index (χ0v) is 10.5. The molecule has 3 heteroatoms. The van der Waals surface area contributed by atoms with Gasteiger partial charge in [0.05, 0.1) is 6.61 Å². The molecule has 3 nitrogen and oxygen atoms in total. The van der Waals surface area contributed by atoms with Crippen LogP contribution in [0.2, 0.25) is 0 Å². The van der Waals surface area contributed by atoms with Crippen LogP contribution >= 0.6 is 0 Å². The lowest BCUT2D eigenvalue weighted by atomic mass is 10.1. The maximum absolute atomic E-state index is 5.73. The molecule has 0 atom stereocenters. The van der Waals surface area contributed by atoms with Gasteiger partial charge in [0.15, 0.2) is 0 Å². The minimum atomic E-state index is 0.542. The number of rotatable bonds is 5. The van der Waals surface area contributed by atoms with Crippen LogP contribution in [0.25, 0.3) is 10.9 Å². The van der Waals surface area contributed by atoms with Crippen LogP contribution in [-0.2, 0) is 6.42 Å². The predicted molar refractivity (Wildman–Crippen MR) is 71.4 cm³/mol. The van der Waals surface area contributed by atoms with E-state index in [1.54, 1.807) is 0 Å². The average Bonchev–Trinajstić information content (AvgIpc) is 2.70.